The number of carboxylic acids is 1. The molecule has 5 heteroatoms. The number of hydrogen-bond donors (Lipinski definition) is 1. The first-order valence-corrected chi connectivity index (χ1v) is 14.9. The highest BCUT2D eigenvalue weighted by Gasteiger charge is 2.27. The number of likely N-dealkylation sites (N-methyl/N-ethyl adjacent to an activating group) is 1. The van der Waals surface area contributed by atoms with Gasteiger partial charge in [-0.1, -0.05) is 103 Å². The van der Waals surface area contributed by atoms with Crippen LogP contribution in [0.5, 0.6) is 5.75 Å². The zero-order chi connectivity index (χ0) is 29.6. The van der Waals surface area contributed by atoms with Gasteiger partial charge in [-0.15, -0.1) is 0 Å². The Hall–Kier alpha value is -4.38. The molecule has 4 aromatic rings. The minimum atomic E-state index is -1.01. The molecule has 4 aromatic carbocycles. The first-order chi connectivity index (χ1) is 20.5. The lowest BCUT2D eigenvalue weighted by molar-refractivity contribution is -0.149. The number of benzene rings is 4. The third kappa shape index (κ3) is 9.34. The standard InChI is InChI=1S/C37H41NO4/c1-38(36(39)26-25-34(31-17-9-3-10-18-31)32-19-11-4-12-20-32)35(37(40)41)28-30-21-23-33(24-22-30)42-27-13-5-8-16-29-14-6-2-7-15-29/h2-4,6-7,9-12,14-15,17-24,34-35H,5,8,13,16,25-28H2,1H3,(H,40,41). The maximum absolute atomic E-state index is 13.2. The summed E-state index contributed by atoms with van der Waals surface area (Å²) in [5.41, 5.74) is 4.50. The fraction of sp³-hybridized carbons (Fsp3) is 0.297. The van der Waals surface area contributed by atoms with Gasteiger partial charge in [0.2, 0.25) is 5.91 Å². The summed E-state index contributed by atoms with van der Waals surface area (Å²) in [7, 11) is 1.59. The van der Waals surface area contributed by atoms with Crippen LogP contribution in [0.3, 0.4) is 0 Å². The number of carboxylic acid groups (broad SMARTS) is 1. The lowest BCUT2D eigenvalue weighted by Crippen LogP contribution is -2.43. The lowest BCUT2D eigenvalue weighted by Gasteiger charge is -2.26. The van der Waals surface area contributed by atoms with Crippen molar-refractivity contribution < 1.29 is 19.4 Å². The minimum absolute atomic E-state index is 0.0597. The molecule has 0 aliphatic heterocycles. The number of nitrogens with zero attached hydrogens (tertiary/aromatic N) is 1. The fourth-order valence-corrected chi connectivity index (χ4v) is 5.29. The highest BCUT2D eigenvalue weighted by molar-refractivity contribution is 5.83. The Morgan fingerprint density at radius 2 is 1.29 bits per heavy atom. The summed E-state index contributed by atoms with van der Waals surface area (Å²) < 4.78 is 5.90. The Morgan fingerprint density at radius 1 is 0.714 bits per heavy atom. The Kier molecular flexibility index (Phi) is 11.8. The van der Waals surface area contributed by atoms with Gasteiger partial charge in [0.1, 0.15) is 11.8 Å². The lowest BCUT2D eigenvalue weighted by atomic mass is 9.87. The van der Waals surface area contributed by atoms with E-state index in [1.165, 1.54) is 10.5 Å². The van der Waals surface area contributed by atoms with Crippen molar-refractivity contribution in [2.24, 2.45) is 0 Å². The number of unbranched alkanes of at least 4 members (excludes halogenated alkanes) is 2. The minimum Gasteiger partial charge on any atom is -0.494 e. The SMILES string of the molecule is CN(C(=O)CCC(c1ccccc1)c1ccccc1)C(Cc1ccc(OCCCCCc2ccccc2)cc1)C(=O)O. The van der Waals surface area contributed by atoms with Gasteiger partial charge in [0.05, 0.1) is 6.61 Å². The van der Waals surface area contributed by atoms with Gasteiger partial charge in [0.15, 0.2) is 0 Å². The molecule has 0 aromatic heterocycles. The van der Waals surface area contributed by atoms with Crippen LogP contribution in [0.25, 0.3) is 0 Å². The van der Waals surface area contributed by atoms with E-state index in [1.807, 2.05) is 66.7 Å². The number of rotatable bonds is 16. The van der Waals surface area contributed by atoms with Gasteiger partial charge in [-0.25, -0.2) is 4.79 Å². The zero-order valence-corrected chi connectivity index (χ0v) is 24.4. The van der Waals surface area contributed by atoms with E-state index in [0.29, 0.717) is 13.0 Å². The molecule has 0 heterocycles. The molecule has 218 valence electrons. The highest BCUT2D eigenvalue weighted by Crippen LogP contribution is 2.29. The van der Waals surface area contributed by atoms with E-state index < -0.39 is 12.0 Å². The Balaban J connectivity index is 1.26. The van der Waals surface area contributed by atoms with Crippen LogP contribution in [0.15, 0.2) is 115 Å². The molecule has 0 bridgehead atoms. The van der Waals surface area contributed by atoms with Crippen LogP contribution in [-0.4, -0.2) is 41.6 Å². The van der Waals surface area contributed by atoms with E-state index in [-0.39, 0.29) is 24.7 Å². The summed E-state index contributed by atoms with van der Waals surface area (Å²) in [5, 5.41) is 9.98. The molecule has 0 saturated heterocycles. The highest BCUT2D eigenvalue weighted by atomic mass is 16.5. The second-order valence-corrected chi connectivity index (χ2v) is 10.8. The monoisotopic (exact) mass is 563 g/mol. The van der Waals surface area contributed by atoms with Gasteiger partial charge in [-0.2, -0.15) is 0 Å². The number of aliphatic carboxylic acids is 1. The smallest absolute Gasteiger partial charge is 0.326 e. The average molecular weight is 564 g/mol. The molecule has 0 spiro atoms. The summed E-state index contributed by atoms with van der Waals surface area (Å²) in [4.78, 5) is 26.8. The molecule has 0 fully saturated rings. The maximum Gasteiger partial charge on any atom is 0.326 e. The first-order valence-electron chi connectivity index (χ1n) is 14.9. The van der Waals surface area contributed by atoms with Crippen molar-refractivity contribution in [3.63, 3.8) is 0 Å². The number of carbonyl (C=O) groups excluding carboxylic acids is 1. The molecule has 0 aliphatic carbocycles. The summed E-state index contributed by atoms with van der Waals surface area (Å²) >= 11 is 0. The number of amides is 1. The van der Waals surface area contributed by atoms with Crippen molar-refractivity contribution in [1.82, 2.24) is 4.90 Å². The summed E-state index contributed by atoms with van der Waals surface area (Å²) in [6.45, 7) is 0.649. The van der Waals surface area contributed by atoms with E-state index >= 15 is 0 Å². The van der Waals surface area contributed by atoms with Crippen LogP contribution >= 0.6 is 0 Å². The molecule has 1 atom stereocenters. The van der Waals surface area contributed by atoms with Crippen LogP contribution in [-0.2, 0) is 22.4 Å². The van der Waals surface area contributed by atoms with Gasteiger partial charge < -0.3 is 14.7 Å². The number of aryl methyl sites for hydroxylation is 1. The third-order valence-corrected chi connectivity index (χ3v) is 7.77. The van der Waals surface area contributed by atoms with Gasteiger partial charge in [-0.05, 0) is 66.5 Å². The van der Waals surface area contributed by atoms with Gasteiger partial charge in [0, 0.05) is 25.8 Å². The van der Waals surface area contributed by atoms with E-state index in [0.717, 1.165) is 48.1 Å². The van der Waals surface area contributed by atoms with Crippen molar-refractivity contribution in [2.45, 2.75) is 56.9 Å². The molecule has 4 rings (SSSR count). The maximum atomic E-state index is 13.2. The number of carbonyl (C=O) groups is 2. The second kappa shape index (κ2) is 16.2. The van der Waals surface area contributed by atoms with Crippen molar-refractivity contribution in [2.75, 3.05) is 13.7 Å². The Bertz CT molecular complexity index is 1320. The molecule has 5 nitrogen and oxygen atoms in total. The van der Waals surface area contributed by atoms with Crippen LogP contribution in [0.1, 0.15) is 60.3 Å². The van der Waals surface area contributed by atoms with Crippen LogP contribution in [0.4, 0.5) is 0 Å². The first kappa shape index (κ1) is 30.6. The van der Waals surface area contributed by atoms with Crippen molar-refractivity contribution >= 4 is 11.9 Å². The largest absolute Gasteiger partial charge is 0.494 e. The normalized spacial score (nSPS) is 11.7. The topological polar surface area (TPSA) is 66.8 Å². The summed E-state index contributed by atoms with van der Waals surface area (Å²) in [6.07, 6.45) is 5.39. The molecule has 1 unspecified atom stereocenters. The fourth-order valence-electron chi connectivity index (χ4n) is 5.29. The van der Waals surface area contributed by atoms with E-state index in [2.05, 4.69) is 48.5 Å². The molecular formula is C37H41NO4. The zero-order valence-electron chi connectivity index (χ0n) is 24.4. The van der Waals surface area contributed by atoms with E-state index in [4.69, 9.17) is 4.74 Å². The molecular weight excluding hydrogens is 522 g/mol. The van der Waals surface area contributed by atoms with Crippen molar-refractivity contribution in [1.29, 1.82) is 0 Å². The Labute approximate surface area is 249 Å². The predicted octanol–water partition coefficient (Wildman–Crippen LogP) is 7.54. The molecule has 0 radical (unpaired) electrons. The van der Waals surface area contributed by atoms with Crippen LogP contribution < -0.4 is 4.74 Å². The van der Waals surface area contributed by atoms with Gasteiger partial charge in [0.25, 0.3) is 0 Å². The quantitative estimate of drug-likeness (QED) is 0.143. The molecule has 0 saturated carbocycles. The van der Waals surface area contributed by atoms with Crippen molar-refractivity contribution in [3.8, 4) is 5.75 Å². The van der Waals surface area contributed by atoms with E-state index in [9.17, 15) is 14.7 Å². The summed E-state index contributed by atoms with van der Waals surface area (Å²) in [5.74, 6) is -0.355. The van der Waals surface area contributed by atoms with Gasteiger partial charge >= 0.3 is 5.97 Å². The van der Waals surface area contributed by atoms with E-state index in [1.54, 1.807) is 7.05 Å². The predicted molar refractivity (Wildman–Crippen MR) is 168 cm³/mol. The van der Waals surface area contributed by atoms with Crippen LogP contribution in [0, 0.1) is 0 Å². The molecule has 1 amide bonds. The molecule has 42 heavy (non-hydrogen) atoms. The number of hydrogen-bond acceptors (Lipinski definition) is 3. The molecule has 0 aliphatic rings. The molecule has 1 N–H and O–H groups in total. The Morgan fingerprint density at radius 3 is 1.86 bits per heavy atom. The van der Waals surface area contributed by atoms with Gasteiger partial charge in [-0.3, -0.25) is 4.79 Å². The van der Waals surface area contributed by atoms with Crippen molar-refractivity contribution in [3.05, 3.63) is 138 Å². The number of ether oxygens (including phenoxy) is 1. The third-order valence-electron chi connectivity index (χ3n) is 7.77. The summed E-state index contributed by atoms with van der Waals surface area (Å²) in [6, 6.07) is 37.4. The average Bonchev–Trinajstić information content (AvgIpc) is 3.03. The van der Waals surface area contributed by atoms with Crippen LogP contribution in [0.2, 0.25) is 0 Å². The second-order valence-electron chi connectivity index (χ2n) is 10.8.